The van der Waals surface area contributed by atoms with Crippen LogP contribution in [0.25, 0.3) is 0 Å². The van der Waals surface area contributed by atoms with E-state index in [1.807, 2.05) is 0 Å². The second-order valence-corrected chi connectivity index (χ2v) is 16.1. The summed E-state index contributed by atoms with van der Waals surface area (Å²) in [6.45, 7) is 23.4. The summed E-state index contributed by atoms with van der Waals surface area (Å²) in [5.74, 6) is 0.878. The van der Waals surface area contributed by atoms with Crippen LogP contribution in [0.3, 0.4) is 0 Å². The molecule has 1 atom stereocenters. The summed E-state index contributed by atoms with van der Waals surface area (Å²) in [5.41, 5.74) is 2.24. The molecule has 0 radical (unpaired) electrons. The molecule has 1 aliphatic heterocycles. The standard InChI is InChI=1S/C24H44O4Si2/c1-22(2,3)17-11-12-18(24(25)13-15-26-16-14-24)20(27-29(7)8)19(17)21(23(4,5)6)28-30(9)10/h11-12,21,25,29-30H,13-16H2,1-10H3. The highest BCUT2D eigenvalue weighted by Gasteiger charge is 2.41. The first kappa shape index (κ1) is 25.6. The third-order valence-electron chi connectivity index (χ3n) is 5.64. The first-order valence-electron chi connectivity index (χ1n) is 11.5. The molecule has 0 saturated carbocycles. The molecule has 1 unspecified atom stereocenters. The predicted molar refractivity (Wildman–Crippen MR) is 131 cm³/mol. The Bertz CT molecular complexity index is 711. The van der Waals surface area contributed by atoms with Gasteiger partial charge in [0.15, 0.2) is 9.04 Å². The number of rotatable bonds is 6. The molecule has 6 heteroatoms. The van der Waals surface area contributed by atoms with E-state index in [-0.39, 0.29) is 16.9 Å². The summed E-state index contributed by atoms with van der Waals surface area (Å²) in [6, 6.07) is 4.31. The van der Waals surface area contributed by atoms with Crippen molar-refractivity contribution in [1.82, 2.24) is 0 Å². The number of hydrogen-bond acceptors (Lipinski definition) is 4. The molecule has 1 fully saturated rings. The maximum atomic E-state index is 11.6. The normalized spacial score (nSPS) is 18.7. The van der Waals surface area contributed by atoms with Crippen molar-refractivity contribution in [2.75, 3.05) is 13.2 Å². The van der Waals surface area contributed by atoms with Crippen LogP contribution >= 0.6 is 0 Å². The summed E-state index contributed by atoms with van der Waals surface area (Å²) in [4.78, 5) is 0. The lowest BCUT2D eigenvalue weighted by Gasteiger charge is -2.41. The topological polar surface area (TPSA) is 47.9 Å². The van der Waals surface area contributed by atoms with Gasteiger partial charge in [-0.15, -0.1) is 0 Å². The van der Waals surface area contributed by atoms with Crippen molar-refractivity contribution in [3.8, 4) is 5.75 Å². The van der Waals surface area contributed by atoms with Crippen LogP contribution in [0.15, 0.2) is 12.1 Å². The Hall–Kier alpha value is -0.666. The summed E-state index contributed by atoms with van der Waals surface area (Å²) < 4.78 is 18.9. The smallest absolute Gasteiger partial charge is 0.229 e. The van der Waals surface area contributed by atoms with Gasteiger partial charge in [0, 0.05) is 37.2 Å². The van der Waals surface area contributed by atoms with Gasteiger partial charge in [-0.3, -0.25) is 0 Å². The molecule has 0 amide bonds. The number of benzene rings is 1. The molecule has 0 aromatic heterocycles. The van der Waals surface area contributed by atoms with Crippen LogP contribution in [0.4, 0.5) is 0 Å². The van der Waals surface area contributed by atoms with Crippen molar-refractivity contribution >= 4 is 18.1 Å². The molecule has 1 N–H and O–H groups in total. The highest BCUT2D eigenvalue weighted by molar-refractivity contribution is 6.49. The van der Waals surface area contributed by atoms with Crippen molar-refractivity contribution < 1.29 is 18.7 Å². The molecule has 4 nitrogen and oxygen atoms in total. The zero-order valence-corrected chi connectivity index (χ0v) is 23.2. The third kappa shape index (κ3) is 5.97. The van der Waals surface area contributed by atoms with Gasteiger partial charge in [-0.1, -0.05) is 53.7 Å². The summed E-state index contributed by atoms with van der Waals surface area (Å²) >= 11 is 0. The highest BCUT2D eigenvalue weighted by atomic mass is 28.3. The SMILES string of the molecule is C[SiH](C)Oc1c(C2(O)CCOCC2)ccc(C(C)(C)C)c1C(O[SiH](C)C)C(C)(C)C. The van der Waals surface area contributed by atoms with Crippen molar-refractivity contribution in [3.63, 3.8) is 0 Å². The fraction of sp³-hybridized carbons (Fsp3) is 0.750. The van der Waals surface area contributed by atoms with Crippen molar-refractivity contribution in [3.05, 3.63) is 28.8 Å². The van der Waals surface area contributed by atoms with E-state index >= 15 is 0 Å². The van der Waals surface area contributed by atoms with Gasteiger partial charge in [0.25, 0.3) is 0 Å². The molecular formula is C24H44O4Si2. The Balaban J connectivity index is 2.87. The molecule has 0 bridgehead atoms. The summed E-state index contributed by atoms with van der Waals surface area (Å²) in [6.07, 6.45) is 1.11. The first-order chi connectivity index (χ1) is 13.7. The van der Waals surface area contributed by atoms with E-state index in [1.54, 1.807) is 0 Å². The molecule has 1 aliphatic rings. The molecule has 1 aromatic carbocycles. The minimum absolute atomic E-state index is 0.0613. The van der Waals surface area contributed by atoms with Crippen molar-refractivity contribution in [1.29, 1.82) is 0 Å². The van der Waals surface area contributed by atoms with Crippen LogP contribution in [0.2, 0.25) is 26.2 Å². The van der Waals surface area contributed by atoms with Crippen LogP contribution in [0, 0.1) is 5.41 Å². The lowest BCUT2D eigenvalue weighted by atomic mass is 9.73. The number of aliphatic hydroxyl groups is 1. The van der Waals surface area contributed by atoms with Gasteiger partial charge in [0.2, 0.25) is 9.04 Å². The molecule has 0 spiro atoms. The zero-order chi connectivity index (χ0) is 22.9. The van der Waals surface area contributed by atoms with Gasteiger partial charge in [0.1, 0.15) is 5.75 Å². The van der Waals surface area contributed by atoms with Gasteiger partial charge in [-0.05, 0) is 42.6 Å². The minimum atomic E-state index is -1.43. The third-order valence-corrected chi connectivity index (χ3v) is 7.16. The highest BCUT2D eigenvalue weighted by Crippen LogP contribution is 2.50. The van der Waals surface area contributed by atoms with Crippen LogP contribution < -0.4 is 4.43 Å². The molecule has 0 aliphatic carbocycles. The summed E-state index contributed by atoms with van der Waals surface area (Å²) in [5, 5.41) is 11.6. The molecule has 30 heavy (non-hydrogen) atoms. The van der Waals surface area contributed by atoms with Crippen LogP contribution in [0.1, 0.15) is 77.2 Å². The molecule has 1 aromatic rings. The van der Waals surface area contributed by atoms with E-state index in [4.69, 9.17) is 13.6 Å². The van der Waals surface area contributed by atoms with Gasteiger partial charge < -0.3 is 18.7 Å². The fourth-order valence-electron chi connectivity index (χ4n) is 4.20. The Kier molecular flexibility index (Phi) is 8.06. The molecule has 1 saturated heterocycles. The lowest BCUT2D eigenvalue weighted by molar-refractivity contribution is -0.0688. The second-order valence-electron chi connectivity index (χ2n) is 11.4. The van der Waals surface area contributed by atoms with E-state index < -0.39 is 23.7 Å². The van der Waals surface area contributed by atoms with Crippen molar-refractivity contribution in [2.24, 2.45) is 5.41 Å². The van der Waals surface area contributed by atoms with Gasteiger partial charge in [-0.2, -0.15) is 0 Å². The minimum Gasteiger partial charge on any atom is -0.546 e. The van der Waals surface area contributed by atoms with E-state index in [2.05, 4.69) is 79.9 Å². The van der Waals surface area contributed by atoms with E-state index in [0.29, 0.717) is 26.1 Å². The van der Waals surface area contributed by atoms with Crippen LogP contribution in [-0.2, 0) is 20.2 Å². The van der Waals surface area contributed by atoms with E-state index in [0.717, 1.165) is 16.9 Å². The Morgan fingerprint density at radius 2 is 1.53 bits per heavy atom. The maximum absolute atomic E-state index is 11.6. The lowest BCUT2D eigenvalue weighted by Crippen LogP contribution is -2.36. The first-order valence-corrected chi connectivity index (χ1v) is 17.0. The van der Waals surface area contributed by atoms with Gasteiger partial charge in [0.05, 0.1) is 11.7 Å². The van der Waals surface area contributed by atoms with E-state index in [9.17, 15) is 5.11 Å². The average molecular weight is 453 g/mol. The zero-order valence-electron chi connectivity index (χ0n) is 20.9. The largest absolute Gasteiger partial charge is 0.546 e. The fourth-order valence-corrected chi connectivity index (χ4v) is 6.01. The Morgan fingerprint density at radius 1 is 0.967 bits per heavy atom. The average Bonchev–Trinajstić information content (AvgIpc) is 2.57. The van der Waals surface area contributed by atoms with Crippen LogP contribution in [-0.4, -0.2) is 36.4 Å². The number of ether oxygens (including phenoxy) is 1. The Morgan fingerprint density at radius 3 is 1.97 bits per heavy atom. The van der Waals surface area contributed by atoms with Crippen LogP contribution in [0.5, 0.6) is 5.75 Å². The van der Waals surface area contributed by atoms with Crippen molar-refractivity contribution in [2.45, 2.75) is 97.7 Å². The predicted octanol–water partition coefficient (Wildman–Crippen LogP) is 5.43. The van der Waals surface area contributed by atoms with Gasteiger partial charge >= 0.3 is 0 Å². The molecule has 172 valence electrons. The maximum Gasteiger partial charge on any atom is 0.229 e. The quantitative estimate of drug-likeness (QED) is 0.585. The summed E-state index contributed by atoms with van der Waals surface area (Å²) in [7, 11) is -2.75. The molecular weight excluding hydrogens is 408 g/mol. The van der Waals surface area contributed by atoms with E-state index in [1.165, 1.54) is 5.56 Å². The second kappa shape index (κ2) is 9.45. The molecule has 2 rings (SSSR count). The Labute approximate surface area is 187 Å². The number of hydrogen-bond donors (Lipinski definition) is 1. The van der Waals surface area contributed by atoms with Gasteiger partial charge in [-0.25, -0.2) is 0 Å². The monoisotopic (exact) mass is 452 g/mol. The molecule has 1 heterocycles.